The van der Waals surface area contributed by atoms with Crippen LogP contribution >= 0.6 is 15.9 Å². The second kappa shape index (κ2) is 8.03. The molecule has 0 N–H and O–H groups in total. The van der Waals surface area contributed by atoms with Gasteiger partial charge in [0.1, 0.15) is 35.8 Å². The Morgan fingerprint density at radius 2 is 1.87 bits per heavy atom. The molecule has 0 aliphatic heterocycles. The van der Waals surface area contributed by atoms with Crippen LogP contribution in [0.3, 0.4) is 0 Å². The summed E-state index contributed by atoms with van der Waals surface area (Å²) in [5.74, 6) is 1.41. The van der Waals surface area contributed by atoms with Crippen molar-refractivity contribution in [1.29, 1.82) is 10.5 Å². The lowest BCUT2D eigenvalue weighted by atomic mass is 10.1. The van der Waals surface area contributed by atoms with Crippen LogP contribution < -0.4 is 9.47 Å². The molecule has 0 bridgehead atoms. The summed E-state index contributed by atoms with van der Waals surface area (Å²) >= 11 is 3.43. The van der Waals surface area contributed by atoms with E-state index in [0.717, 1.165) is 21.3 Å². The van der Waals surface area contributed by atoms with Crippen LogP contribution in [0.15, 0.2) is 52.5 Å². The van der Waals surface area contributed by atoms with Crippen LogP contribution in [0.1, 0.15) is 11.1 Å². The van der Waals surface area contributed by atoms with E-state index in [-0.39, 0.29) is 5.57 Å². The van der Waals surface area contributed by atoms with Gasteiger partial charge < -0.3 is 9.47 Å². The minimum atomic E-state index is 0.0489. The molecule has 0 aromatic heterocycles. The summed E-state index contributed by atoms with van der Waals surface area (Å²) in [5, 5.41) is 17.7. The maximum absolute atomic E-state index is 8.84. The van der Waals surface area contributed by atoms with Gasteiger partial charge in [0, 0.05) is 5.56 Å². The van der Waals surface area contributed by atoms with Crippen LogP contribution in [-0.4, -0.2) is 7.11 Å². The van der Waals surface area contributed by atoms with E-state index in [0.29, 0.717) is 12.4 Å². The smallest absolute Gasteiger partial charge is 0.133 e. The Bertz CT molecular complexity index is 801. The summed E-state index contributed by atoms with van der Waals surface area (Å²) in [4.78, 5) is 0. The van der Waals surface area contributed by atoms with Crippen LogP contribution in [0.5, 0.6) is 11.5 Å². The van der Waals surface area contributed by atoms with Gasteiger partial charge in [-0.3, -0.25) is 0 Å². The number of ether oxygens (including phenoxy) is 2. The van der Waals surface area contributed by atoms with E-state index < -0.39 is 0 Å². The highest BCUT2D eigenvalue weighted by molar-refractivity contribution is 9.10. The molecule has 0 radical (unpaired) electrons. The fourth-order valence-corrected chi connectivity index (χ4v) is 2.37. The first-order chi connectivity index (χ1) is 11.2. The van der Waals surface area contributed by atoms with Crippen molar-refractivity contribution >= 4 is 22.0 Å². The molecule has 2 aromatic carbocycles. The van der Waals surface area contributed by atoms with Crippen LogP contribution in [0.25, 0.3) is 6.08 Å². The maximum atomic E-state index is 8.84. The Labute approximate surface area is 143 Å². The van der Waals surface area contributed by atoms with Gasteiger partial charge >= 0.3 is 0 Å². The first-order valence-corrected chi connectivity index (χ1v) is 7.53. The van der Waals surface area contributed by atoms with Crippen molar-refractivity contribution in [1.82, 2.24) is 0 Å². The number of hydrogen-bond donors (Lipinski definition) is 0. The zero-order valence-electron chi connectivity index (χ0n) is 12.4. The molecule has 0 spiro atoms. The minimum absolute atomic E-state index is 0.0489. The molecule has 0 aliphatic rings. The summed E-state index contributed by atoms with van der Waals surface area (Å²) in [6, 6.07) is 16.7. The Balaban J connectivity index is 2.27. The summed E-state index contributed by atoms with van der Waals surface area (Å²) in [7, 11) is 1.59. The largest absolute Gasteiger partial charge is 0.496 e. The predicted molar refractivity (Wildman–Crippen MR) is 90.7 cm³/mol. The van der Waals surface area contributed by atoms with Gasteiger partial charge in [-0.15, -0.1) is 0 Å². The number of hydrogen-bond acceptors (Lipinski definition) is 4. The molecule has 5 heteroatoms. The number of nitriles is 2. The average Bonchev–Trinajstić information content (AvgIpc) is 2.59. The van der Waals surface area contributed by atoms with Gasteiger partial charge in [-0.25, -0.2) is 0 Å². The van der Waals surface area contributed by atoms with E-state index in [1.165, 1.54) is 6.08 Å². The second-order valence-corrected chi connectivity index (χ2v) is 5.43. The van der Waals surface area contributed by atoms with E-state index in [9.17, 15) is 0 Å². The molecule has 0 amide bonds. The highest BCUT2D eigenvalue weighted by Gasteiger charge is 2.07. The van der Waals surface area contributed by atoms with Gasteiger partial charge in [0.05, 0.1) is 11.6 Å². The molecule has 0 atom stereocenters. The lowest BCUT2D eigenvalue weighted by Gasteiger charge is -2.12. The van der Waals surface area contributed by atoms with Crippen LogP contribution in [0.2, 0.25) is 0 Å². The SMILES string of the molecule is COc1ccc(C=C(C#N)C#N)cc1COc1ccccc1Br. The monoisotopic (exact) mass is 368 g/mol. The number of nitrogens with zero attached hydrogens (tertiary/aromatic N) is 2. The highest BCUT2D eigenvalue weighted by atomic mass is 79.9. The first kappa shape index (κ1) is 16.6. The zero-order chi connectivity index (χ0) is 16.7. The number of para-hydroxylation sites is 1. The third-order valence-electron chi connectivity index (χ3n) is 3.08. The minimum Gasteiger partial charge on any atom is -0.496 e. The molecule has 0 aliphatic carbocycles. The Morgan fingerprint density at radius 3 is 2.52 bits per heavy atom. The number of rotatable bonds is 5. The number of benzene rings is 2. The van der Waals surface area contributed by atoms with Crippen molar-refractivity contribution in [2.24, 2.45) is 0 Å². The van der Waals surface area contributed by atoms with Crippen LogP contribution in [0, 0.1) is 22.7 Å². The van der Waals surface area contributed by atoms with Crippen LogP contribution in [-0.2, 0) is 6.61 Å². The topological polar surface area (TPSA) is 66.0 Å². The summed E-state index contributed by atoms with van der Waals surface area (Å²) in [6.07, 6.45) is 1.53. The second-order valence-electron chi connectivity index (χ2n) is 4.57. The van der Waals surface area contributed by atoms with E-state index >= 15 is 0 Å². The lowest BCUT2D eigenvalue weighted by molar-refractivity contribution is 0.295. The Morgan fingerprint density at radius 1 is 1.13 bits per heavy atom. The van der Waals surface area contributed by atoms with Crippen molar-refractivity contribution in [3.63, 3.8) is 0 Å². The summed E-state index contributed by atoms with van der Waals surface area (Å²) < 4.78 is 12.0. The molecule has 23 heavy (non-hydrogen) atoms. The van der Waals surface area contributed by atoms with Gasteiger partial charge in [0.2, 0.25) is 0 Å². The molecule has 4 nitrogen and oxygen atoms in total. The lowest BCUT2D eigenvalue weighted by Crippen LogP contribution is -1.99. The summed E-state index contributed by atoms with van der Waals surface area (Å²) in [5.41, 5.74) is 1.62. The zero-order valence-corrected chi connectivity index (χ0v) is 14.0. The average molecular weight is 369 g/mol. The third kappa shape index (κ3) is 4.35. The Kier molecular flexibility index (Phi) is 5.80. The molecule has 114 valence electrons. The summed E-state index contributed by atoms with van der Waals surface area (Å²) in [6.45, 7) is 0.307. The van der Waals surface area contributed by atoms with Gasteiger partial charge in [-0.05, 0) is 51.8 Å². The van der Waals surface area contributed by atoms with E-state index in [4.69, 9.17) is 20.0 Å². The van der Waals surface area contributed by atoms with Crippen molar-refractivity contribution in [2.45, 2.75) is 6.61 Å². The van der Waals surface area contributed by atoms with Gasteiger partial charge in [0.25, 0.3) is 0 Å². The molecule has 0 unspecified atom stereocenters. The number of allylic oxidation sites excluding steroid dienone is 1. The molecular formula is C18H13BrN2O2. The van der Waals surface area contributed by atoms with Gasteiger partial charge in [-0.2, -0.15) is 10.5 Å². The normalized spacial score (nSPS) is 9.39. The molecule has 0 heterocycles. The van der Waals surface area contributed by atoms with Crippen molar-refractivity contribution in [3.05, 3.63) is 63.6 Å². The molecule has 2 aromatic rings. The number of methoxy groups -OCH3 is 1. The molecular weight excluding hydrogens is 356 g/mol. The third-order valence-corrected chi connectivity index (χ3v) is 3.73. The van der Waals surface area contributed by atoms with Crippen molar-refractivity contribution < 1.29 is 9.47 Å². The highest BCUT2D eigenvalue weighted by Crippen LogP contribution is 2.27. The first-order valence-electron chi connectivity index (χ1n) is 6.74. The fourth-order valence-electron chi connectivity index (χ4n) is 1.97. The maximum Gasteiger partial charge on any atom is 0.133 e. The predicted octanol–water partition coefficient (Wildman–Crippen LogP) is 4.47. The van der Waals surface area contributed by atoms with Crippen molar-refractivity contribution in [3.8, 4) is 23.6 Å². The molecule has 0 saturated heterocycles. The van der Waals surface area contributed by atoms with E-state index in [1.54, 1.807) is 19.2 Å². The quantitative estimate of drug-likeness (QED) is 0.730. The fraction of sp³-hybridized carbons (Fsp3) is 0.111. The van der Waals surface area contributed by atoms with Crippen LogP contribution in [0.4, 0.5) is 0 Å². The van der Waals surface area contributed by atoms with Crippen molar-refractivity contribution in [2.75, 3.05) is 7.11 Å². The van der Waals surface area contributed by atoms with Gasteiger partial charge in [-0.1, -0.05) is 18.2 Å². The number of halogens is 1. The Hall–Kier alpha value is -2.76. The molecule has 2 rings (SSSR count). The van der Waals surface area contributed by atoms with E-state index in [2.05, 4.69) is 15.9 Å². The van der Waals surface area contributed by atoms with E-state index in [1.807, 2.05) is 42.5 Å². The molecule has 0 saturated carbocycles. The molecule has 0 fully saturated rings. The van der Waals surface area contributed by atoms with Gasteiger partial charge in [0.15, 0.2) is 0 Å². The standard InChI is InChI=1S/C18H13BrN2O2/c1-22-17-7-6-13(8-14(10-20)11-21)9-15(17)12-23-18-5-3-2-4-16(18)19/h2-9H,12H2,1H3.